The molecule has 1 heterocycles. The highest BCUT2D eigenvalue weighted by atomic mass is 15.2. The van der Waals surface area contributed by atoms with E-state index in [2.05, 4.69) is 21.8 Å². The number of aromatic nitrogens is 2. The molecule has 2 rings (SSSR count). The van der Waals surface area contributed by atoms with Crippen LogP contribution in [0.3, 0.4) is 0 Å². The first-order valence-corrected chi connectivity index (χ1v) is 7.05. The quantitative estimate of drug-likeness (QED) is 0.865. The molecule has 0 atom stereocenters. The Morgan fingerprint density at radius 2 is 1.89 bits per heavy atom. The Bertz CT molecular complexity index is 333. The SMILES string of the molecule is CCCN(Cc1ncccn1)C1CCC(N)CC1. The fraction of sp³-hybridized carbons (Fsp3) is 0.714. The second-order valence-corrected chi connectivity index (χ2v) is 5.20. The monoisotopic (exact) mass is 248 g/mol. The first kappa shape index (κ1) is 13.4. The standard InChI is InChI=1S/C14H24N4/c1-2-10-18(11-14-16-8-3-9-17-14)13-6-4-12(15)5-7-13/h3,8-9,12-13H,2,4-7,10-11,15H2,1H3. The Hall–Kier alpha value is -1.00. The number of nitrogens with zero attached hydrogens (tertiary/aromatic N) is 3. The largest absolute Gasteiger partial charge is 0.328 e. The zero-order valence-corrected chi connectivity index (χ0v) is 11.3. The molecule has 0 spiro atoms. The average molecular weight is 248 g/mol. The van der Waals surface area contributed by atoms with Gasteiger partial charge in [0.15, 0.2) is 0 Å². The topological polar surface area (TPSA) is 55.0 Å². The first-order valence-electron chi connectivity index (χ1n) is 7.05. The van der Waals surface area contributed by atoms with E-state index >= 15 is 0 Å². The van der Waals surface area contributed by atoms with Crippen LogP contribution in [0.1, 0.15) is 44.9 Å². The van der Waals surface area contributed by atoms with Crippen LogP contribution in [-0.4, -0.2) is 33.5 Å². The van der Waals surface area contributed by atoms with Gasteiger partial charge in [-0.2, -0.15) is 0 Å². The minimum absolute atomic E-state index is 0.415. The molecule has 0 unspecified atom stereocenters. The molecule has 0 aromatic carbocycles. The van der Waals surface area contributed by atoms with Gasteiger partial charge in [-0.05, 0) is 44.7 Å². The molecule has 1 aliphatic rings. The van der Waals surface area contributed by atoms with Crippen molar-refractivity contribution in [1.29, 1.82) is 0 Å². The van der Waals surface area contributed by atoms with Crippen LogP contribution in [0.4, 0.5) is 0 Å². The Morgan fingerprint density at radius 3 is 2.50 bits per heavy atom. The third kappa shape index (κ3) is 3.75. The van der Waals surface area contributed by atoms with Crippen LogP contribution in [-0.2, 0) is 6.54 Å². The highest BCUT2D eigenvalue weighted by Crippen LogP contribution is 2.23. The molecule has 1 aliphatic carbocycles. The summed E-state index contributed by atoms with van der Waals surface area (Å²) in [6.45, 7) is 4.22. The summed E-state index contributed by atoms with van der Waals surface area (Å²) in [5.41, 5.74) is 5.98. The minimum atomic E-state index is 0.415. The summed E-state index contributed by atoms with van der Waals surface area (Å²) in [6, 6.07) is 2.94. The van der Waals surface area contributed by atoms with E-state index in [1.165, 1.54) is 19.3 Å². The molecule has 0 aliphatic heterocycles. The Kier molecular flexibility index (Phi) is 5.08. The fourth-order valence-corrected chi connectivity index (χ4v) is 2.74. The predicted molar refractivity (Wildman–Crippen MR) is 73.0 cm³/mol. The summed E-state index contributed by atoms with van der Waals surface area (Å²) in [5.74, 6) is 0.931. The number of nitrogens with two attached hydrogens (primary N) is 1. The molecule has 2 N–H and O–H groups in total. The molecular weight excluding hydrogens is 224 g/mol. The second kappa shape index (κ2) is 6.81. The van der Waals surface area contributed by atoms with Crippen molar-refractivity contribution >= 4 is 0 Å². The minimum Gasteiger partial charge on any atom is -0.328 e. The lowest BCUT2D eigenvalue weighted by molar-refractivity contribution is 0.138. The second-order valence-electron chi connectivity index (χ2n) is 5.20. The van der Waals surface area contributed by atoms with E-state index in [0.29, 0.717) is 12.1 Å². The molecule has 0 bridgehead atoms. The molecular formula is C14H24N4. The van der Waals surface area contributed by atoms with E-state index in [4.69, 9.17) is 5.73 Å². The van der Waals surface area contributed by atoms with E-state index in [0.717, 1.165) is 31.8 Å². The summed E-state index contributed by atoms with van der Waals surface area (Å²) in [6.07, 6.45) is 9.56. The van der Waals surface area contributed by atoms with Gasteiger partial charge >= 0.3 is 0 Å². The Balaban J connectivity index is 1.95. The van der Waals surface area contributed by atoms with Crippen LogP contribution in [0, 0.1) is 0 Å². The van der Waals surface area contributed by atoms with E-state index in [1.807, 2.05) is 18.5 Å². The highest BCUT2D eigenvalue weighted by molar-refractivity contribution is 4.90. The summed E-state index contributed by atoms with van der Waals surface area (Å²) >= 11 is 0. The van der Waals surface area contributed by atoms with Crippen LogP contribution in [0.25, 0.3) is 0 Å². The van der Waals surface area contributed by atoms with E-state index in [-0.39, 0.29) is 0 Å². The maximum atomic E-state index is 5.98. The number of hydrogen-bond donors (Lipinski definition) is 1. The summed E-state index contributed by atoms with van der Waals surface area (Å²) in [5, 5.41) is 0. The highest BCUT2D eigenvalue weighted by Gasteiger charge is 2.24. The summed E-state index contributed by atoms with van der Waals surface area (Å²) in [4.78, 5) is 11.2. The molecule has 1 fully saturated rings. The van der Waals surface area contributed by atoms with Crippen LogP contribution >= 0.6 is 0 Å². The van der Waals surface area contributed by atoms with Gasteiger partial charge in [-0.15, -0.1) is 0 Å². The van der Waals surface area contributed by atoms with Gasteiger partial charge in [-0.25, -0.2) is 9.97 Å². The molecule has 18 heavy (non-hydrogen) atoms. The molecule has 1 aromatic heterocycles. The fourth-order valence-electron chi connectivity index (χ4n) is 2.74. The lowest BCUT2D eigenvalue weighted by Gasteiger charge is -2.35. The van der Waals surface area contributed by atoms with Crippen molar-refractivity contribution in [3.63, 3.8) is 0 Å². The molecule has 0 amide bonds. The van der Waals surface area contributed by atoms with Gasteiger partial charge in [0.2, 0.25) is 0 Å². The molecule has 100 valence electrons. The molecule has 1 saturated carbocycles. The normalized spacial score (nSPS) is 24.4. The zero-order valence-electron chi connectivity index (χ0n) is 11.3. The van der Waals surface area contributed by atoms with Crippen molar-refractivity contribution in [2.24, 2.45) is 5.73 Å². The molecule has 0 saturated heterocycles. The van der Waals surface area contributed by atoms with Crippen LogP contribution in [0.2, 0.25) is 0 Å². The molecule has 4 nitrogen and oxygen atoms in total. The average Bonchev–Trinajstić information content (AvgIpc) is 2.40. The summed E-state index contributed by atoms with van der Waals surface area (Å²) < 4.78 is 0. The smallest absolute Gasteiger partial charge is 0.142 e. The van der Waals surface area contributed by atoms with Gasteiger partial charge in [-0.1, -0.05) is 6.92 Å². The van der Waals surface area contributed by atoms with Crippen molar-refractivity contribution < 1.29 is 0 Å². The van der Waals surface area contributed by atoms with Crippen LogP contribution in [0.15, 0.2) is 18.5 Å². The van der Waals surface area contributed by atoms with Crippen molar-refractivity contribution in [2.45, 2.75) is 57.7 Å². The third-order valence-electron chi connectivity index (χ3n) is 3.73. The lowest BCUT2D eigenvalue weighted by Crippen LogP contribution is -2.41. The first-order chi connectivity index (χ1) is 8.79. The van der Waals surface area contributed by atoms with Crippen molar-refractivity contribution in [2.75, 3.05) is 6.54 Å². The van der Waals surface area contributed by atoms with Crippen molar-refractivity contribution in [3.8, 4) is 0 Å². The molecule has 1 aromatic rings. The van der Waals surface area contributed by atoms with Gasteiger partial charge in [0.05, 0.1) is 6.54 Å². The van der Waals surface area contributed by atoms with E-state index in [9.17, 15) is 0 Å². The maximum absolute atomic E-state index is 5.98. The van der Waals surface area contributed by atoms with Crippen molar-refractivity contribution in [1.82, 2.24) is 14.9 Å². The molecule has 4 heteroatoms. The van der Waals surface area contributed by atoms with E-state index in [1.54, 1.807) is 0 Å². The van der Waals surface area contributed by atoms with Gasteiger partial charge in [0.25, 0.3) is 0 Å². The van der Waals surface area contributed by atoms with E-state index < -0.39 is 0 Å². The third-order valence-corrected chi connectivity index (χ3v) is 3.73. The Labute approximate surface area is 110 Å². The van der Waals surface area contributed by atoms with Crippen molar-refractivity contribution in [3.05, 3.63) is 24.3 Å². The lowest BCUT2D eigenvalue weighted by atomic mass is 9.90. The number of hydrogen-bond acceptors (Lipinski definition) is 4. The molecule has 0 radical (unpaired) electrons. The Morgan fingerprint density at radius 1 is 1.22 bits per heavy atom. The summed E-state index contributed by atoms with van der Waals surface area (Å²) in [7, 11) is 0. The van der Waals surface area contributed by atoms with Gasteiger partial charge in [0, 0.05) is 24.5 Å². The zero-order chi connectivity index (χ0) is 12.8. The van der Waals surface area contributed by atoms with Gasteiger partial charge in [-0.3, -0.25) is 4.90 Å². The van der Waals surface area contributed by atoms with Gasteiger partial charge in [0.1, 0.15) is 5.82 Å². The maximum Gasteiger partial charge on any atom is 0.142 e. The van der Waals surface area contributed by atoms with Gasteiger partial charge < -0.3 is 5.73 Å². The van der Waals surface area contributed by atoms with Crippen LogP contribution < -0.4 is 5.73 Å². The van der Waals surface area contributed by atoms with Crippen LogP contribution in [0.5, 0.6) is 0 Å². The predicted octanol–water partition coefficient (Wildman–Crippen LogP) is 1.96. The number of rotatable bonds is 5.